The van der Waals surface area contributed by atoms with Crippen LogP contribution in [0.4, 0.5) is 0 Å². The van der Waals surface area contributed by atoms with Crippen LogP contribution >= 0.6 is 0 Å². The summed E-state index contributed by atoms with van der Waals surface area (Å²) in [5, 5.41) is 1.76. The van der Waals surface area contributed by atoms with E-state index in [0.29, 0.717) is 23.0 Å². The van der Waals surface area contributed by atoms with Crippen LogP contribution in [0.25, 0.3) is 10.8 Å². The molecule has 2 aliphatic rings. The Bertz CT molecular complexity index is 1460. The van der Waals surface area contributed by atoms with Gasteiger partial charge in [-0.2, -0.15) is 0 Å². The summed E-state index contributed by atoms with van der Waals surface area (Å²) >= 11 is 0. The first-order valence-corrected chi connectivity index (χ1v) is 10.2. The van der Waals surface area contributed by atoms with E-state index < -0.39 is 23.9 Å². The lowest BCUT2D eigenvalue weighted by molar-refractivity contribution is 0.0425. The average Bonchev–Trinajstić information content (AvgIpc) is 3.27. The summed E-state index contributed by atoms with van der Waals surface area (Å²) in [4.78, 5) is 46.7. The van der Waals surface area contributed by atoms with E-state index >= 15 is 0 Å². The van der Waals surface area contributed by atoms with E-state index in [2.05, 4.69) is 9.47 Å². The molecule has 8 nitrogen and oxygen atoms in total. The molecule has 0 saturated heterocycles. The fourth-order valence-electron chi connectivity index (χ4n) is 3.86. The molecule has 0 unspecified atom stereocenters. The van der Waals surface area contributed by atoms with E-state index in [4.69, 9.17) is 9.47 Å². The van der Waals surface area contributed by atoms with Gasteiger partial charge in [0.05, 0.1) is 22.3 Å². The van der Waals surface area contributed by atoms with Gasteiger partial charge in [0.2, 0.25) is 0 Å². The molecule has 0 aromatic heterocycles. The number of hydrogen-bond acceptors (Lipinski definition) is 8. The molecular formula is C26H12O8. The normalized spacial score (nSPS) is 14.0. The zero-order valence-electron chi connectivity index (χ0n) is 17.2. The fourth-order valence-corrected chi connectivity index (χ4v) is 3.86. The van der Waals surface area contributed by atoms with Crippen molar-refractivity contribution in [2.75, 3.05) is 0 Å². The number of carbonyl (C=O) groups is 4. The molecule has 4 aromatic rings. The lowest BCUT2D eigenvalue weighted by Crippen LogP contribution is -1.96. The number of rotatable bonds is 4. The Balaban J connectivity index is 1.23. The predicted molar refractivity (Wildman–Crippen MR) is 116 cm³/mol. The molecule has 0 radical (unpaired) electrons. The molecule has 4 aromatic carbocycles. The summed E-state index contributed by atoms with van der Waals surface area (Å²) in [5.41, 5.74) is 0.786. The summed E-state index contributed by atoms with van der Waals surface area (Å²) in [6.45, 7) is 0. The van der Waals surface area contributed by atoms with E-state index in [1.165, 1.54) is 24.3 Å². The Morgan fingerprint density at radius 2 is 0.765 bits per heavy atom. The quantitative estimate of drug-likeness (QED) is 0.313. The highest BCUT2D eigenvalue weighted by atomic mass is 16.6. The molecule has 34 heavy (non-hydrogen) atoms. The molecular weight excluding hydrogens is 440 g/mol. The monoisotopic (exact) mass is 452 g/mol. The van der Waals surface area contributed by atoms with Crippen LogP contribution in [0.2, 0.25) is 0 Å². The standard InChI is InChI=1S/C26H12O8/c27-23-19-7-5-17(11-21(19)25(29)33-23)31-15-3-1-13-9-16(4-2-14(13)10-15)32-18-6-8-20-22(12-18)26(30)34-24(20)28/h1-12H. The fraction of sp³-hybridized carbons (Fsp3) is 0. The lowest BCUT2D eigenvalue weighted by Gasteiger charge is -2.10. The lowest BCUT2D eigenvalue weighted by atomic mass is 10.1. The van der Waals surface area contributed by atoms with E-state index in [1.54, 1.807) is 24.3 Å². The van der Waals surface area contributed by atoms with Crippen molar-refractivity contribution in [3.05, 3.63) is 95.1 Å². The minimum absolute atomic E-state index is 0.175. The molecule has 0 N–H and O–H groups in total. The topological polar surface area (TPSA) is 105 Å². The molecule has 0 fully saturated rings. The van der Waals surface area contributed by atoms with Crippen molar-refractivity contribution in [3.8, 4) is 23.0 Å². The number of cyclic esters (lactones) is 4. The maximum Gasteiger partial charge on any atom is 0.347 e. The van der Waals surface area contributed by atoms with Crippen LogP contribution in [-0.2, 0) is 9.47 Å². The Morgan fingerprint density at radius 3 is 1.21 bits per heavy atom. The van der Waals surface area contributed by atoms with Gasteiger partial charge in [0, 0.05) is 0 Å². The Hall–Kier alpha value is -4.98. The highest BCUT2D eigenvalue weighted by Crippen LogP contribution is 2.33. The molecule has 2 heterocycles. The number of ether oxygens (including phenoxy) is 4. The van der Waals surface area contributed by atoms with E-state index in [1.807, 2.05) is 24.3 Å². The zero-order valence-corrected chi connectivity index (χ0v) is 17.2. The van der Waals surface area contributed by atoms with Gasteiger partial charge < -0.3 is 18.9 Å². The average molecular weight is 452 g/mol. The number of benzene rings is 4. The first kappa shape index (κ1) is 19.7. The third-order valence-corrected chi connectivity index (χ3v) is 5.49. The summed E-state index contributed by atoms with van der Waals surface area (Å²) in [5.74, 6) is -0.822. The molecule has 0 bridgehead atoms. The van der Waals surface area contributed by atoms with Gasteiger partial charge in [0.25, 0.3) is 0 Å². The maximum atomic E-state index is 11.8. The Morgan fingerprint density at radius 1 is 0.412 bits per heavy atom. The summed E-state index contributed by atoms with van der Waals surface area (Å²) in [7, 11) is 0. The first-order chi connectivity index (χ1) is 16.4. The molecule has 0 amide bonds. The summed E-state index contributed by atoms with van der Waals surface area (Å²) in [6, 6.07) is 20.0. The van der Waals surface area contributed by atoms with Crippen molar-refractivity contribution in [1.82, 2.24) is 0 Å². The highest BCUT2D eigenvalue weighted by Gasteiger charge is 2.31. The molecule has 8 heteroatoms. The van der Waals surface area contributed by atoms with Crippen molar-refractivity contribution in [2.45, 2.75) is 0 Å². The third kappa shape index (κ3) is 3.25. The van der Waals surface area contributed by atoms with E-state index in [-0.39, 0.29) is 22.3 Å². The molecule has 0 saturated carbocycles. The summed E-state index contributed by atoms with van der Waals surface area (Å²) < 4.78 is 20.9. The second-order valence-corrected chi connectivity index (χ2v) is 7.64. The highest BCUT2D eigenvalue weighted by molar-refractivity contribution is 6.15. The number of esters is 4. The third-order valence-electron chi connectivity index (χ3n) is 5.49. The Labute approximate surface area is 191 Å². The van der Waals surface area contributed by atoms with Crippen LogP contribution in [0.15, 0.2) is 72.8 Å². The van der Waals surface area contributed by atoms with Crippen molar-refractivity contribution in [3.63, 3.8) is 0 Å². The molecule has 0 atom stereocenters. The van der Waals surface area contributed by atoms with Gasteiger partial charge in [-0.05, 0) is 71.4 Å². The first-order valence-electron chi connectivity index (χ1n) is 10.2. The SMILES string of the molecule is O=C1OC(=O)c2cc(Oc3ccc4cc(Oc5ccc6c(c5)C(=O)OC6=O)ccc4c3)ccc21. The van der Waals surface area contributed by atoms with Gasteiger partial charge in [-0.15, -0.1) is 0 Å². The number of hydrogen-bond donors (Lipinski definition) is 0. The smallest absolute Gasteiger partial charge is 0.347 e. The van der Waals surface area contributed by atoms with Gasteiger partial charge in [-0.1, -0.05) is 12.1 Å². The van der Waals surface area contributed by atoms with Gasteiger partial charge in [-0.3, -0.25) is 0 Å². The van der Waals surface area contributed by atoms with Crippen molar-refractivity contribution >= 4 is 34.6 Å². The van der Waals surface area contributed by atoms with Gasteiger partial charge >= 0.3 is 23.9 Å². The van der Waals surface area contributed by atoms with Crippen molar-refractivity contribution < 1.29 is 38.1 Å². The number of carbonyl (C=O) groups excluding carboxylic acids is 4. The van der Waals surface area contributed by atoms with Crippen molar-refractivity contribution in [2.24, 2.45) is 0 Å². The maximum absolute atomic E-state index is 11.8. The largest absolute Gasteiger partial charge is 0.457 e. The molecule has 2 aliphatic heterocycles. The zero-order chi connectivity index (χ0) is 23.4. The van der Waals surface area contributed by atoms with Crippen LogP contribution in [-0.4, -0.2) is 23.9 Å². The van der Waals surface area contributed by atoms with E-state index in [0.717, 1.165) is 10.8 Å². The minimum Gasteiger partial charge on any atom is -0.457 e. The second-order valence-electron chi connectivity index (χ2n) is 7.64. The predicted octanol–water partition coefficient (Wildman–Crippen LogP) is 5.05. The van der Waals surface area contributed by atoms with E-state index in [9.17, 15) is 19.2 Å². The minimum atomic E-state index is -0.691. The van der Waals surface area contributed by atoms with Gasteiger partial charge in [0.15, 0.2) is 0 Å². The van der Waals surface area contributed by atoms with Crippen LogP contribution in [0, 0.1) is 0 Å². The van der Waals surface area contributed by atoms with Crippen LogP contribution in [0.1, 0.15) is 41.4 Å². The van der Waals surface area contributed by atoms with Gasteiger partial charge in [0.1, 0.15) is 23.0 Å². The van der Waals surface area contributed by atoms with Crippen molar-refractivity contribution in [1.29, 1.82) is 0 Å². The van der Waals surface area contributed by atoms with Crippen LogP contribution in [0.5, 0.6) is 23.0 Å². The molecule has 164 valence electrons. The summed E-state index contributed by atoms with van der Waals surface area (Å²) in [6.07, 6.45) is 0. The van der Waals surface area contributed by atoms with Crippen LogP contribution < -0.4 is 9.47 Å². The Kier molecular flexibility index (Phi) is 4.21. The van der Waals surface area contributed by atoms with Gasteiger partial charge in [-0.25, -0.2) is 19.2 Å². The number of fused-ring (bicyclic) bond motifs is 3. The van der Waals surface area contributed by atoms with Crippen LogP contribution in [0.3, 0.4) is 0 Å². The molecule has 0 aliphatic carbocycles. The molecule has 6 rings (SSSR count). The molecule has 0 spiro atoms. The second kappa shape index (κ2) is 7.28.